The maximum atomic E-state index is 12.7. The summed E-state index contributed by atoms with van der Waals surface area (Å²) in [5.41, 5.74) is 2.11. The number of benzene rings is 1. The van der Waals surface area contributed by atoms with E-state index in [-0.39, 0.29) is 24.2 Å². The predicted molar refractivity (Wildman–Crippen MR) is 149 cm³/mol. The van der Waals surface area contributed by atoms with Crippen LogP contribution in [0.5, 0.6) is 0 Å². The summed E-state index contributed by atoms with van der Waals surface area (Å²) in [6.07, 6.45) is 0. The monoisotopic (exact) mass is 552 g/mol. The van der Waals surface area contributed by atoms with E-state index in [1.165, 1.54) is 11.3 Å². The van der Waals surface area contributed by atoms with Gasteiger partial charge in [-0.2, -0.15) is 0 Å². The Balaban J connectivity index is 1.35. The minimum atomic E-state index is -0.465. The summed E-state index contributed by atoms with van der Waals surface area (Å²) >= 11 is 2.96. The Hall–Kier alpha value is -3.84. The van der Waals surface area contributed by atoms with E-state index >= 15 is 0 Å². The van der Waals surface area contributed by atoms with E-state index in [9.17, 15) is 9.59 Å². The fourth-order valence-corrected chi connectivity index (χ4v) is 6.01. The molecule has 0 atom stereocenters. The van der Waals surface area contributed by atoms with Gasteiger partial charge in [0.15, 0.2) is 27.6 Å². The lowest BCUT2D eigenvalue weighted by Gasteiger charge is -2.38. The average molecular weight is 553 g/mol. The number of ether oxygens (including phenoxy) is 1. The molecule has 11 nitrogen and oxygen atoms in total. The molecule has 1 fully saturated rings. The third kappa shape index (κ3) is 5.11. The Bertz CT molecular complexity index is 1450. The number of nitrogens with zero attached hydrogens (tertiary/aromatic N) is 6. The van der Waals surface area contributed by atoms with Gasteiger partial charge < -0.3 is 25.2 Å². The second-order valence-corrected chi connectivity index (χ2v) is 10.8. The number of carbonyl (C=O) groups excluding carboxylic acids is 2. The van der Waals surface area contributed by atoms with Crippen LogP contribution in [-0.4, -0.2) is 70.4 Å². The normalized spacial score (nSPS) is 13.3. The first-order valence-electron chi connectivity index (χ1n) is 12.3. The molecule has 1 saturated heterocycles. The number of amides is 2. The molecule has 1 aliphatic rings. The van der Waals surface area contributed by atoms with Crippen molar-refractivity contribution in [2.45, 2.75) is 26.7 Å². The molecular weight excluding hydrogens is 524 g/mol. The van der Waals surface area contributed by atoms with Crippen molar-refractivity contribution >= 4 is 66.8 Å². The third-order valence-electron chi connectivity index (χ3n) is 6.10. The number of rotatable bonds is 8. The number of anilines is 4. The number of para-hydroxylation sites is 1. The van der Waals surface area contributed by atoms with Crippen LogP contribution < -0.4 is 15.5 Å². The average Bonchev–Trinajstić information content (AvgIpc) is 3.48. The Morgan fingerprint density at radius 2 is 1.95 bits per heavy atom. The Morgan fingerprint density at radius 3 is 2.66 bits per heavy atom. The van der Waals surface area contributed by atoms with Crippen molar-refractivity contribution < 1.29 is 14.3 Å². The van der Waals surface area contributed by atoms with E-state index in [0.717, 1.165) is 25.8 Å². The minimum absolute atomic E-state index is 0.0184. The second-order valence-electron chi connectivity index (χ2n) is 8.77. The predicted octanol–water partition coefficient (Wildman–Crippen LogP) is 4.67. The molecule has 0 aliphatic carbocycles. The van der Waals surface area contributed by atoms with E-state index in [0.29, 0.717) is 36.4 Å². The second kappa shape index (κ2) is 10.9. The SMILES string of the molecule is CCNC(=O)N1CC(c2sc(N(C)c3cc(C)c(Nc4nc5ccccc5s4)nn3)nc2C(=O)OCC)C1. The van der Waals surface area contributed by atoms with Crippen LogP contribution in [0.4, 0.5) is 26.7 Å². The topological polar surface area (TPSA) is 125 Å². The Labute approximate surface area is 227 Å². The minimum Gasteiger partial charge on any atom is -0.461 e. The summed E-state index contributed by atoms with van der Waals surface area (Å²) in [4.78, 5) is 38.4. The first-order chi connectivity index (χ1) is 18.4. The van der Waals surface area contributed by atoms with Crippen molar-refractivity contribution in [3.63, 3.8) is 0 Å². The number of thiazole rings is 2. The molecule has 5 rings (SSSR count). The van der Waals surface area contributed by atoms with E-state index in [4.69, 9.17) is 4.74 Å². The van der Waals surface area contributed by atoms with Gasteiger partial charge in [-0.3, -0.25) is 0 Å². The first kappa shape index (κ1) is 25.8. The van der Waals surface area contributed by atoms with Gasteiger partial charge in [0.05, 0.1) is 16.8 Å². The van der Waals surface area contributed by atoms with Crippen molar-refractivity contribution in [1.29, 1.82) is 0 Å². The molecule has 0 unspecified atom stereocenters. The van der Waals surface area contributed by atoms with Crippen LogP contribution in [0.25, 0.3) is 10.2 Å². The molecular formula is C25H28N8O3S2. The molecule has 0 bridgehead atoms. The maximum Gasteiger partial charge on any atom is 0.358 e. The number of aromatic nitrogens is 4. The van der Waals surface area contributed by atoms with Crippen LogP contribution >= 0.6 is 22.7 Å². The van der Waals surface area contributed by atoms with Crippen molar-refractivity contribution in [2.24, 2.45) is 0 Å². The van der Waals surface area contributed by atoms with Crippen LogP contribution in [0.1, 0.15) is 40.7 Å². The van der Waals surface area contributed by atoms with Gasteiger partial charge in [-0.1, -0.05) is 23.5 Å². The van der Waals surface area contributed by atoms with Gasteiger partial charge in [0.2, 0.25) is 0 Å². The molecule has 198 valence electrons. The van der Waals surface area contributed by atoms with E-state index in [2.05, 4.69) is 30.8 Å². The highest BCUT2D eigenvalue weighted by atomic mass is 32.1. The Kier molecular flexibility index (Phi) is 7.38. The molecule has 0 radical (unpaired) electrons. The lowest BCUT2D eigenvalue weighted by atomic mass is 9.97. The maximum absolute atomic E-state index is 12.7. The van der Waals surface area contributed by atoms with Crippen LogP contribution in [0.2, 0.25) is 0 Å². The lowest BCUT2D eigenvalue weighted by Crippen LogP contribution is -2.52. The van der Waals surface area contributed by atoms with E-state index in [1.54, 1.807) is 28.1 Å². The van der Waals surface area contributed by atoms with Gasteiger partial charge in [0.1, 0.15) is 0 Å². The number of likely N-dealkylation sites (tertiary alicyclic amines) is 1. The summed E-state index contributed by atoms with van der Waals surface area (Å²) in [5.74, 6) is 0.760. The summed E-state index contributed by atoms with van der Waals surface area (Å²) < 4.78 is 6.36. The molecule has 3 aromatic heterocycles. The number of fused-ring (bicyclic) bond motifs is 1. The third-order valence-corrected chi connectivity index (χ3v) is 8.35. The highest BCUT2D eigenvalue weighted by Gasteiger charge is 2.37. The van der Waals surface area contributed by atoms with Crippen LogP contribution in [-0.2, 0) is 4.74 Å². The van der Waals surface area contributed by atoms with Gasteiger partial charge in [0.25, 0.3) is 0 Å². The molecule has 38 heavy (non-hydrogen) atoms. The number of urea groups is 1. The van der Waals surface area contributed by atoms with Crippen molar-refractivity contribution in [3.8, 4) is 0 Å². The van der Waals surface area contributed by atoms with Crippen molar-refractivity contribution in [2.75, 3.05) is 43.5 Å². The van der Waals surface area contributed by atoms with E-state index in [1.807, 2.05) is 51.2 Å². The van der Waals surface area contributed by atoms with Crippen molar-refractivity contribution in [3.05, 3.63) is 46.5 Å². The lowest BCUT2D eigenvalue weighted by molar-refractivity contribution is 0.0517. The van der Waals surface area contributed by atoms with Crippen LogP contribution in [0.15, 0.2) is 30.3 Å². The summed E-state index contributed by atoms with van der Waals surface area (Å²) in [6.45, 7) is 7.46. The van der Waals surface area contributed by atoms with Crippen LogP contribution in [0.3, 0.4) is 0 Å². The summed E-state index contributed by atoms with van der Waals surface area (Å²) in [7, 11) is 1.84. The quantitative estimate of drug-likeness (QED) is 0.300. The highest BCUT2D eigenvalue weighted by Crippen LogP contribution is 2.39. The summed E-state index contributed by atoms with van der Waals surface area (Å²) in [5, 5.41) is 16.2. The van der Waals surface area contributed by atoms with Gasteiger partial charge in [-0.25, -0.2) is 19.6 Å². The first-order valence-corrected chi connectivity index (χ1v) is 13.9. The number of nitrogens with one attached hydrogen (secondary N) is 2. The molecule has 2 amide bonds. The van der Waals surface area contributed by atoms with Gasteiger partial charge in [-0.15, -0.1) is 21.5 Å². The molecule has 13 heteroatoms. The zero-order valence-corrected chi connectivity index (χ0v) is 23.2. The molecule has 0 saturated carbocycles. The van der Waals surface area contributed by atoms with E-state index < -0.39 is 5.97 Å². The molecule has 1 aromatic carbocycles. The zero-order valence-electron chi connectivity index (χ0n) is 21.5. The number of esters is 1. The fourth-order valence-electron chi connectivity index (χ4n) is 4.04. The van der Waals surface area contributed by atoms with Crippen LogP contribution in [0, 0.1) is 6.92 Å². The number of hydrogen-bond donors (Lipinski definition) is 2. The molecule has 1 aliphatic heterocycles. The van der Waals surface area contributed by atoms with Gasteiger partial charge >= 0.3 is 12.0 Å². The fraction of sp³-hybridized carbons (Fsp3) is 0.360. The largest absolute Gasteiger partial charge is 0.461 e. The van der Waals surface area contributed by atoms with Crippen molar-refractivity contribution in [1.82, 2.24) is 30.4 Å². The molecule has 4 aromatic rings. The number of hydrogen-bond acceptors (Lipinski definition) is 11. The smallest absolute Gasteiger partial charge is 0.358 e. The molecule has 4 heterocycles. The number of aryl methyl sites for hydroxylation is 1. The standard InChI is InChI=1S/C25H28N8O3S2/c1-5-26-24(35)33-12-15(13-33)20-19(22(34)36-6-2)28-25(38-20)32(4)18-11-14(3)21(31-30-18)29-23-27-16-9-7-8-10-17(16)37-23/h7-11,15H,5-6,12-13H2,1-4H3,(H,26,35)(H,27,29,31). The van der Waals surface area contributed by atoms with Gasteiger partial charge in [0, 0.05) is 37.5 Å². The Morgan fingerprint density at radius 1 is 1.16 bits per heavy atom. The van der Waals surface area contributed by atoms with Gasteiger partial charge in [-0.05, 0) is 44.5 Å². The molecule has 0 spiro atoms. The molecule has 2 N–H and O–H groups in total. The zero-order chi connectivity index (χ0) is 26.8. The summed E-state index contributed by atoms with van der Waals surface area (Å²) in [6, 6.07) is 9.76. The number of carbonyl (C=O) groups is 2. The highest BCUT2D eigenvalue weighted by molar-refractivity contribution is 7.22.